The van der Waals surface area contributed by atoms with Gasteiger partial charge in [-0.05, 0) is 73.5 Å². The van der Waals surface area contributed by atoms with Crippen LogP contribution >= 0.6 is 0 Å². The van der Waals surface area contributed by atoms with Crippen molar-refractivity contribution in [3.05, 3.63) is 12.2 Å². The van der Waals surface area contributed by atoms with Crippen LogP contribution in [0, 0.1) is 46.3 Å². The molecule has 0 unspecified atom stereocenters. The minimum absolute atomic E-state index is 0.0151. The molecule has 17 atom stereocenters. The van der Waals surface area contributed by atoms with Gasteiger partial charge < -0.3 is 50.0 Å². The van der Waals surface area contributed by atoms with E-state index in [4.69, 9.17) is 14.2 Å². The topological polar surface area (TPSA) is 169 Å². The van der Waals surface area contributed by atoms with Crippen molar-refractivity contribution in [2.45, 2.75) is 134 Å². The van der Waals surface area contributed by atoms with Crippen LogP contribution in [-0.2, 0) is 14.2 Å². The van der Waals surface area contributed by atoms with Crippen LogP contribution in [0.2, 0.25) is 0 Å². The zero-order chi connectivity index (χ0) is 32.4. The standard InChI is InChI=1S/C34H58O10/c1-17(19(3)15-43-31-28(40)29(42-6)24(38)16-44-31)7-8-18(2)20-13-22(36)30-32(20,4)12-10-25-33(5)11-9-21(35)27(39)26(33)23(37)14-34(25,30)41/h18-31,35-41H,1,7-16H2,2-6H3/t18-,19-,20-,21+,22-,23+,24-,25-,26+,27+,28-,29+,30-,31-,32-,33-,34+/m1/s1. The number of hydrogen-bond acceptors (Lipinski definition) is 10. The van der Waals surface area contributed by atoms with Gasteiger partial charge in [0.05, 0.1) is 43.2 Å². The average molecular weight is 627 g/mol. The summed E-state index contributed by atoms with van der Waals surface area (Å²) in [4.78, 5) is 0. The molecule has 0 aromatic heterocycles. The van der Waals surface area contributed by atoms with Crippen molar-refractivity contribution >= 4 is 0 Å². The van der Waals surface area contributed by atoms with E-state index in [9.17, 15) is 35.7 Å². The molecule has 0 bridgehead atoms. The maximum absolute atomic E-state index is 12.5. The number of methoxy groups -OCH3 is 1. The molecular weight excluding hydrogens is 568 g/mol. The number of ether oxygens (including phenoxy) is 3. The quantitative estimate of drug-likeness (QED) is 0.187. The first-order chi connectivity index (χ1) is 20.6. The van der Waals surface area contributed by atoms with E-state index in [2.05, 4.69) is 27.4 Å². The van der Waals surface area contributed by atoms with E-state index in [1.807, 2.05) is 6.92 Å². The lowest BCUT2D eigenvalue weighted by Crippen LogP contribution is -2.70. The Balaban J connectivity index is 1.21. The lowest BCUT2D eigenvalue weighted by atomic mass is 9.41. The second-order valence-electron chi connectivity index (χ2n) is 15.7. The Morgan fingerprint density at radius 3 is 2.30 bits per heavy atom. The predicted octanol–water partition coefficient (Wildman–Crippen LogP) is 1.75. The fourth-order valence-electron chi connectivity index (χ4n) is 10.9. The van der Waals surface area contributed by atoms with Gasteiger partial charge in [0.1, 0.15) is 18.3 Å². The molecule has 5 fully saturated rings. The normalized spacial score (nSPS) is 52.0. The van der Waals surface area contributed by atoms with Crippen LogP contribution < -0.4 is 0 Å². The first-order valence-corrected chi connectivity index (χ1v) is 16.8. The van der Waals surface area contributed by atoms with Gasteiger partial charge in [0.2, 0.25) is 0 Å². The van der Waals surface area contributed by atoms with E-state index in [1.165, 1.54) is 7.11 Å². The Labute approximate surface area is 262 Å². The molecule has 5 aliphatic rings. The largest absolute Gasteiger partial charge is 0.393 e. The third-order valence-electron chi connectivity index (χ3n) is 13.3. The molecule has 0 amide bonds. The average Bonchev–Trinajstić information content (AvgIpc) is 3.24. The number of hydrogen-bond donors (Lipinski definition) is 7. The van der Waals surface area contributed by atoms with E-state index in [0.29, 0.717) is 25.9 Å². The fourth-order valence-corrected chi connectivity index (χ4v) is 10.9. The molecule has 4 saturated carbocycles. The molecule has 4 aliphatic carbocycles. The predicted molar refractivity (Wildman–Crippen MR) is 162 cm³/mol. The molecule has 1 heterocycles. The van der Waals surface area contributed by atoms with Crippen LogP contribution in [-0.4, -0.2) is 111 Å². The number of rotatable bonds is 9. The summed E-state index contributed by atoms with van der Waals surface area (Å²) in [5, 5.41) is 77.1. The Morgan fingerprint density at radius 2 is 1.61 bits per heavy atom. The van der Waals surface area contributed by atoms with Crippen molar-refractivity contribution in [1.82, 2.24) is 0 Å². The van der Waals surface area contributed by atoms with Crippen molar-refractivity contribution in [3.8, 4) is 0 Å². The van der Waals surface area contributed by atoms with E-state index >= 15 is 0 Å². The van der Waals surface area contributed by atoms with Crippen molar-refractivity contribution in [2.24, 2.45) is 46.3 Å². The van der Waals surface area contributed by atoms with Gasteiger partial charge in [0.25, 0.3) is 0 Å². The van der Waals surface area contributed by atoms with Crippen LogP contribution in [0.4, 0.5) is 0 Å². The van der Waals surface area contributed by atoms with Gasteiger partial charge >= 0.3 is 0 Å². The lowest BCUT2D eigenvalue weighted by molar-refractivity contribution is -0.280. The third-order valence-corrected chi connectivity index (χ3v) is 13.3. The van der Waals surface area contributed by atoms with Crippen LogP contribution in [0.3, 0.4) is 0 Å². The van der Waals surface area contributed by atoms with Crippen molar-refractivity contribution in [2.75, 3.05) is 20.3 Å². The summed E-state index contributed by atoms with van der Waals surface area (Å²) in [7, 11) is 1.44. The van der Waals surface area contributed by atoms with Gasteiger partial charge in [-0.3, -0.25) is 0 Å². The summed E-state index contributed by atoms with van der Waals surface area (Å²) in [5.74, 6) is -0.558. The third kappa shape index (κ3) is 5.63. The van der Waals surface area contributed by atoms with Crippen LogP contribution in [0.25, 0.3) is 0 Å². The molecule has 0 aromatic carbocycles. The summed E-state index contributed by atoms with van der Waals surface area (Å²) in [5.41, 5.74) is -1.03. The highest BCUT2D eigenvalue weighted by molar-refractivity contribution is 5.21. The Morgan fingerprint density at radius 1 is 0.932 bits per heavy atom. The van der Waals surface area contributed by atoms with Gasteiger partial charge in [0, 0.05) is 31.3 Å². The number of aliphatic hydroxyl groups is 7. The highest BCUT2D eigenvalue weighted by Crippen LogP contribution is 2.69. The summed E-state index contributed by atoms with van der Waals surface area (Å²) in [6, 6.07) is 0. The van der Waals surface area contributed by atoms with Crippen molar-refractivity contribution in [3.63, 3.8) is 0 Å². The molecule has 44 heavy (non-hydrogen) atoms. The summed E-state index contributed by atoms with van der Waals surface area (Å²) < 4.78 is 16.5. The van der Waals surface area contributed by atoms with Crippen LogP contribution in [0.5, 0.6) is 0 Å². The van der Waals surface area contributed by atoms with E-state index in [-0.39, 0.29) is 48.0 Å². The zero-order valence-corrected chi connectivity index (χ0v) is 27.2. The summed E-state index contributed by atoms with van der Waals surface area (Å²) >= 11 is 0. The molecule has 5 rings (SSSR count). The molecular formula is C34H58O10. The summed E-state index contributed by atoms with van der Waals surface area (Å²) in [6.45, 7) is 13.2. The molecule has 10 heteroatoms. The fraction of sp³-hybridized carbons (Fsp3) is 0.941. The zero-order valence-electron chi connectivity index (χ0n) is 27.2. The molecule has 0 radical (unpaired) electrons. The Bertz CT molecular complexity index is 1030. The van der Waals surface area contributed by atoms with Gasteiger partial charge in [-0.15, -0.1) is 0 Å². The number of fused-ring (bicyclic) bond motifs is 5. The minimum atomic E-state index is -1.24. The molecule has 1 saturated heterocycles. The Hall–Kier alpha value is -0.660. The van der Waals surface area contributed by atoms with Crippen LogP contribution in [0.15, 0.2) is 12.2 Å². The van der Waals surface area contributed by atoms with Gasteiger partial charge in [-0.1, -0.05) is 39.8 Å². The molecule has 1 aliphatic heterocycles. The maximum Gasteiger partial charge on any atom is 0.186 e. The SMILES string of the molecule is C=C(CC[C@@H](C)[C@H]1C[C@@H](O)[C@@H]2[C@]1(C)CC[C@@H]1[C@@]3(C)CC[C@H](O)[C@H](O)[C@@H]3[C@@H](O)C[C@]12O)[C@H](C)CO[C@@H]1OC[C@@H](O)[C@H](OC)[C@H]1O. The number of aliphatic hydroxyl groups excluding tert-OH is 6. The molecule has 0 spiro atoms. The van der Waals surface area contributed by atoms with E-state index < -0.39 is 66.0 Å². The smallest absolute Gasteiger partial charge is 0.186 e. The maximum atomic E-state index is 12.5. The second-order valence-corrected chi connectivity index (χ2v) is 15.7. The minimum Gasteiger partial charge on any atom is -0.393 e. The first-order valence-electron chi connectivity index (χ1n) is 16.8. The van der Waals surface area contributed by atoms with Gasteiger partial charge in [-0.2, -0.15) is 0 Å². The van der Waals surface area contributed by atoms with E-state index in [0.717, 1.165) is 31.3 Å². The lowest BCUT2D eigenvalue weighted by Gasteiger charge is -2.66. The molecule has 10 nitrogen and oxygen atoms in total. The molecule has 7 N–H and O–H groups in total. The highest BCUT2D eigenvalue weighted by Gasteiger charge is 2.71. The molecule has 254 valence electrons. The molecule has 0 aromatic rings. The van der Waals surface area contributed by atoms with Crippen molar-refractivity contribution in [1.29, 1.82) is 0 Å². The second kappa shape index (κ2) is 12.7. The highest BCUT2D eigenvalue weighted by atomic mass is 16.7. The Kier molecular flexibility index (Phi) is 10.0. The van der Waals surface area contributed by atoms with Gasteiger partial charge in [-0.25, -0.2) is 0 Å². The first kappa shape index (κ1) is 34.7. The monoisotopic (exact) mass is 626 g/mol. The van der Waals surface area contributed by atoms with Crippen LogP contribution in [0.1, 0.15) is 79.1 Å². The van der Waals surface area contributed by atoms with Crippen molar-refractivity contribution < 1.29 is 50.0 Å². The summed E-state index contributed by atoms with van der Waals surface area (Å²) in [6.07, 6.45) is -2.11. The van der Waals surface area contributed by atoms with Gasteiger partial charge in [0.15, 0.2) is 6.29 Å². The van der Waals surface area contributed by atoms with E-state index in [1.54, 1.807) is 0 Å².